The van der Waals surface area contributed by atoms with Crippen molar-refractivity contribution in [1.29, 1.82) is 0 Å². The highest BCUT2D eigenvalue weighted by Crippen LogP contribution is 2.32. The Morgan fingerprint density at radius 2 is 2.00 bits per heavy atom. The number of halogens is 3. The summed E-state index contributed by atoms with van der Waals surface area (Å²) in [6, 6.07) is 9.35. The van der Waals surface area contributed by atoms with Gasteiger partial charge >= 0.3 is 11.9 Å². The van der Waals surface area contributed by atoms with E-state index in [-0.39, 0.29) is 19.6 Å². The quantitative estimate of drug-likeness (QED) is 0.689. The largest absolute Gasteiger partial charge is 0.423 e. The first-order valence-corrected chi connectivity index (χ1v) is 9.04. The van der Waals surface area contributed by atoms with E-state index in [1.54, 1.807) is 4.98 Å². The van der Waals surface area contributed by atoms with Gasteiger partial charge in [-0.3, -0.25) is 14.3 Å². The SMILES string of the molecule is C#CCO[C@H]1C[C@H](n2cc(C(F)(F)F)c(=O)[nH]c2=O)O[C@@H]1COCc1ccccc1. The molecule has 0 spiro atoms. The van der Waals surface area contributed by atoms with E-state index in [9.17, 15) is 22.8 Å². The van der Waals surface area contributed by atoms with E-state index in [2.05, 4.69) is 5.92 Å². The maximum absolute atomic E-state index is 13.1. The van der Waals surface area contributed by atoms with E-state index >= 15 is 0 Å². The number of aromatic amines is 1. The zero-order valence-corrected chi connectivity index (χ0v) is 15.7. The molecule has 0 bridgehead atoms. The van der Waals surface area contributed by atoms with Gasteiger partial charge in [-0.2, -0.15) is 13.2 Å². The molecule has 1 aromatic carbocycles. The second-order valence-corrected chi connectivity index (χ2v) is 6.63. The maximum Gasteiger partial charge on any atom is 0.423 e. The molecule has 1 aromatic heterocycles. The third-order valence-corrected chi connectivity index (χ3v) is 4.54. The summed E-state index contributed by atoms with van der Waals surface area (Å²) in [4.78, 5) is 25.3. The third-order valence-electron chi connectivity index (χ3n) is 4.54. The highest BCUT2D eigenvalue weighted by atomic mass is 19.4. The number of nitrogens with one attached hydrogen (secondary N) is 1. The van der Waals surface area contributed by atoms with Crippen molar-refractivity contribution in [3.8, 4) is 12.3 Å². The fourth-order valence-electron chi connectivity index (χ4n) is 3.12. The van der Waals surface area contributed by atoms with Gasteiger partial charge in [0.25, 0.3) is 5.56 Å². The van der Waals surface area contributed by atoms with Crippen molar-refractivity contribution < 1.29 is 27.4 Å². The number of nitrogens with zero attached hydrogens (tertiary/aromatic N) is 1. The molecule has 0 saturated carbocycles. The van der Waals surface area contributed by atoms with Crippen LogP contribution in [-0.4, -0.2) is 35.0 Å². The number of ether oxygens (including phenoxy) is 3. The first kappa shape index (κ1) is 21.8. The second-order valence-electron chi connectivity index (χ2n) is 6.63. The Kier molecular flexibility index (Phi) is 6.77. The van der Waals surface area contributed by atoms with Gasteiger partial charge in [-0.05, 0) is 5.56 Å². The molecule has 1 N–H and O–H groups in total. The van der Waals surface area contributed by atoms with Gasteiger partial charge in [0.1, 0.15) is 24.5 Å². The summed E-state index contributed by atoms with van der Waals surface area (Å²) in [6.07, 6.45) is -1.53. The molecule has 2 aromatic rings. The number of hydrogen-bond acceptors (Lipinski definition) is 5. The Bertz CT molecular complexity index is 1010. The fraction of sp³-hybridized carbons (Fsp3) is 0.400. The summed E-state index contributed by atoms with van der Waals surface area (Å²) < 4.78 is 56.8. The molecular weight excluding hydrogens is 405 g/mol. The predicted molar refractivity (Wildman–Crippen MR) is 99.5 cm³/mol. The van der Waals surface area contributed by atoms with Crippen LogP contribution in [0, 0.1) is 12.3 Å². The lowest BCUT2D eigenvalue weighted by molar-refractivity contribution is -0.139. The Balaban J connectivity index is 1.76. The summed E-state index contributed by atoms with van der Waals surface area (Å²) >= 11 is 0. The van der Waals surface area contributed by atoms with E-state index in [4.69, 9.17) is 20.6 Å². The lowest BCUT2D eigenvalue weighted by Crippen LogP contribution is -2.36. The predicted octanol–water partition coefficient (Wildman–Crippen LogP) is 2.08. The van der Waals surface area contributed by atoms with Gasteiger partial charge in [0.2, 0.25) is 0 Å². The van der Waals surface area contributed by atoms with Crippen molar-refractivity contribution in [3.05, 3.63) is 68.5 Å². The average Bonchev–Trinajstić information content (AvgIpc) is 3.09. The Labute approximate surface area is 169 Å². The van der Waals surface area contributed by atoms with Crippen molar-refractivity contribution >= 4 is 0 Å². The van der Waals surface area contributed by atoms with Crippen LogP contribution in [0.4, 0.5) is 13.2 Å². The summed E-state index contributed by atoms with van der Waals surface area (Å²) in [6.45, 7) is 0.333. The topological polar surface area (TPSA) is 82.6 Å². The van der Waals surface area contributed by atoms with Crippen molar-refractivity contribution in [2.45, 2.75) is 37.6 Å². The molecule has 1 fully saturated rings. The summed E-state index contributed by atoms with van der Waals surface area (Å²) in [5.74, 6) is 2.32. The zero-order chi connectivity index (χ0) is 21.7. The number of H-pyrrole nitrogens is 1. The highest BCUT2D eigenvalue weighted by molar-refractivity contribution is 5.13. The molecule has 1 aliphatic heterocycles. The molecule has 1 saturated heterocycles. The van der Waals surface area contributed by atoms with E-state index in [1.165, 1.54) is 0 Å². The van der Waals surface area contributed by atoms with Gasteiger partial charge < -0.3 is 14.2 Å². The lowest BCUT2D eigenvalue weighted by Gasteiger charge is -2.18. The van der Waals surface area contributed by atoms with Crippen LogP contribution >= 0.6 is 0 Å². The van der Waals surface area contributed by atoms with E-state index in [0.29, 0.717) is 17.4 Å². The number of hydrogen-bond donors (Lipinski definition) is 1. The number of rotatable bonds is 7. The molecule has 1 aliphatic rings. The van der Waals surface area contributed by atoms with Crippen molar-refractivity contribution in [2.24, 2.45) is 0 Å². The molecule has 3 atom stereocenters. The van der Waals surface area contributed by atoms with E-state index < -0.39 is 41.4 Å². The molecule has 0 radical (unpaired) electrons. The van der Waals surface area contributed by atoms with Gasteiger partial charge in [-0.15, -0.1) is 6.42 Å². The molecule has 0 unspecified atom stereocenters. The van der Waals surface area contributed by atoms with Crippen LogP contribution in [0.3, 0.4) is 0 Å². The monoisotopic (exact) mass is 424 g/mol. The summed E-state index contributed by atoms with van der Waals surface area (Å²) in [7, 11) is 0. The minimum Gasteiger partial charge on any atom is -0.374 e. The summed E-state index contributed by atoms with van der Waals surface area (Å²) in [5.41, 5.74) is -3.08. The number of aromatic nitrogens is 2. The van der Waals surface area contributed by atoms with Crippen LogP contribution in [0.15, 0.2) is 46.1 Å². The average molecular weight is 424 g/mol. The van der Waals surface area contributed by atoms with Crippen LogP contribution in [0.25, 0.3) is 0 Å². The Morgan fingerprint density at radius 3 is 2.67 bits per heavy atom. The Hall–Kier alpha value is -2.87. The van der Waals surface area contributed by atoms with Crippen LogP contribution in [0.1, 0.15) is 23.8 Å². The number of terminal acetylenes is 1. The lowest BCUT2D eigenvalue weighted by atomic mass is 10.2. The molecule has 7 nitrogen and oxygen atoms in total. The Morgan fingerprint density at radius 1 is 1.27 bits per heavy atom. The molecule has 3 rings (SSSR count). The normalized spacial score (nSPS) is 21.5. The molecule has 160 valence electrons. The zero-order valence-electron chi connectivity index (χ0n) is 15.7. The third kappa shape index (κ3) is 5.18. The van der Waals surface area contributed by atoms with E-state index in [0.717, 1.165) is 5.56 Å². The van der Waals surface area contributed by atoms with Gasteiger partial charge in [0.15, 0.2) is 0 Å². The highest BCUT2D eigenvalue weighted by Gasteiger charge is 2.40. The minimum atomic E-state index is -4.92. The molecule has 0 amide bonds. The summed E-state index contributed by atoms with van der Waals surface area (Å²) in [5, 5.41) is 0. The van der Waals surface area contributed by atoms with Crippen LogP contribution in [-0.2, 0) is 27.0 Å². The first-order valence-electron chi connectivity index (χ1n) is 9.04. The first-order chi connectivity index (χ1) is 14.3. The van der Waals surface area contributed by atoms with E-state index in [1.807, 2.05) is 30.3 Å². The van der Waals surface area contributed by atoms with Crippen LogP contribution < -0.4 is 11.2 Å². The fourth-order valence-corrected chi connectivity index (χ4v) is 3.12. The van der Waals surface area contributed by atoms with Crippen LogP contribution in [0.2, 0.25) is 0 Å². The molecule has 10 heteroatoms. The second kappa shape index (κ2) is 9.30. The molecule has 2 heterocycles. The minimum absolute atomic E-state index is 0.0374. The standard InChI is InChI=1S/C20H19F3N2O5/c1-2-8-29-15-9-17(25-10-14(20(21,22)23)18(26)24-19(25)27)30-16(15)12-28-11-13-6-4-3-5-7-13/h1,3-7,10,15-17H,8-9,11-12H2,(H,24,26,27)/t15-,16+,17+/m0/s1. The van der Waals surface area contributed by atoms with Crippen LogP contribution in [0.5, 0.6) is 0 Å². The molecular formula is C20H19F3N2O5. The van der Waals surface area contributed by atoms with Gasteiger partial charge in [-0.1, -0.05) is 36.3 Å². The number of benzene rings is 1. The smallest absolute Gasteiger partial charge is 0.374 e. The van der Waals surface area contributed by atoms with Gasteiger partial charge in [0, 0.05) is 12.6 Å². The van der Waals surface area contributed by atoms with Crippen molar-refractivity contribution in [3.63, 3.8) is 0 Å². The van der Waals surface area contributed by atoms with Crippen molar-refractivity contribution in [2.75, 3.05) is 13.2 Å². The maximum atomic E-state index is 13.1. The van der Waals surface area contributed by atoms with Gasteiger partial charge in [-0.25, -0.2) is 4.79 Å². The molecule has 30 heavy (non-hydrogen) atoms. The number of alkyl halides is 3. The van der Waals surface area contributed by atoms with Crippen molar-refractivity contribution in [1.82, 2.24) is 9.55 Å². The van der Waals surface area contributed by atoms with Gasteiger partial charge in [0.05, 0.1) is 19.3 Å². The molecule has 0 aliphatic carbocycles.